The zero-order valence-electron chi connectivity index (χ0n) is 13.3. The second kappa shape index (κ2) is 6.94. The molecular formula is C17H26N2O2. The molecule has 0 bridgehead atoms. The van der Waals surface area contributed by atoms with E-state index < -0.39 is 0 Å². The third kappa shape index (κ3) is 4.21. The van der Waals surface area contributed by atoms with Gasteiger partial charge in [-0.3, -0.25) is 4.79 Å². The van der Waals surface area contributed by atoms with Crippen molar-refractivity contribution in [1.82, 2.24) is 10.2 Å². The first-order valence-corrected chi connectivity index (χ1v) is 7.66. The van der Waals surface area contributed by atoms with Crippen molar-refractivity contribution in [3.05, 3.63) is 29.8 Å². The van der Waals surface area contributed by atoms with Crippen LogP contribution in [-0.4, -0.2) is 43.6 Å². The summed E-state index contributed by atoms with van der Waals surface area (Å²) >= 11 is 0. The first kappa shape index (κ1) is 15.8. The number of hydrogen-bond donors (Lipinski definition) is 1. The fourth-order valence-corrected chi connectivity index (χ4v) is 2.70. The van der Waals surface area contributed by atoms with E-state index in [4.69, 9.17) is 4.74 Å². The van der Waals surface area contributed by atoms with E-state index in [1.54, 1.807) is 7.11 Å². The van der Waals surface area contributed by atoms with Gasteiger partial charge in [0, 0.05) is 25.0 Å². The van der Waals surface area contributed by atoms with E-state index in [0.717, 1.165) is 38.1 Å². The van der Waals surface area contributed by atoms with Crippen LogP contribution in [0.3, 0.4) is 0 Å². The Labute approximate surface area is 127 Å². The number of aryl methyl sites for hydroxylation is 1. The topological polar surface area (TPSA) is 41.6 Å². The monoisotopic (exact) mass is 290 g/mol. The average Bonchev–Trinajstić information content (AvgIpc) is 2.54. The summed E-state index contributed by atoms with van der Waals surface area (Å²) in [5.41, 5.74) is 1.37. The lowest BCUT2D eigenvalue weighted by Crippen LogP contribution is -2.51. The Bertz CT molecular complexity index is 462. The van der Waals surface area contributed by atoms with E-state index in [0.29, 0.717) is 6.42 Å². The number of carbonyl (C=O) groups excluding carboxylic acids is 1. The van der Waals surface area contributed by atoms with Gasteiger partial charge < -0.3 is 15.0 Å². The largest absolute Gasteiger partial charge is 0.497 e. The van der Waals surface area contributed by atoms with Crippen LogP contribution in [0.5, 0.6) is 5.75 Å². The first-order chi connectivity index (χ1) is 10.1. The van der Waals surface area contributed by atoms with Crippen molar-refractivity contribution < 1.29 is 9.53 Å². The maximum atomic E-state index is 12.3. The lowest BCUT2D eigenvalue weighted by molar-refractivity contribution is -0.132. The van der Waals surface area contributed by atoms with E-state index in [1.165, 1.54) is 5.56 Å². The van der Waals surface area contributed by atoms with Crippen molar-refractivity contribution >= 4 is 5.91 Å². The molecule has 0 radical (unpaired) electrons. The molecule has 1 amide bonds. The maximum Gasteiger partial charge on any atom is 0.222 e. The number of nitrogens with one attached hydrogen (secondary N) is 1. The summed E-state index contributed by atoms with van der Waals surface area (Å²) in [5.74, 6) is 1.12. The van der Waals surface area contributed by atoms with Crippen molar-refractivity contribution in [3.63, 3.8) is 0 Å². The highest BCUT2D eigenvalue weighted by atomic mass is 16.5. The molecule has 0 aromatic heterocycles. The standard InChI is InChI=1S/C17H26N2O2/c1-17(18-2)10-12-19(13-11-17)16(20)9-6-14-4-7-15(21-3)8-5-14/h4-5,7-8,18H,6,9-13H2,1-3H3. The van der Waals surface area contributed by atoms with Gasteiger partial charge in [0.2, 0.25) is 5.91 Å². The van der Waals surface area contributed by atoms with Crippen LogP contribution >= 0.6 is 0 Å². The van der Waals surface area contributed by atoms with E-state index in [-0.39, 0.29) is 11.4 Å². The Morgan fingerprint density at radius 3 is 2.43 bits per heavy atom. The number of benzene rings is 1. The Morgan fingerprint density at radius 1 is 1.29 bits per heavy atom. The van der Waals surface area contributed by atoms with Crippen molar-refractivity contribution in [1.29, 1.82) is 0 Å². The smallest absolute Gasteiger partial charge is 0.222 e. The van der Waals surface area contributed by atoms with Crippen molar-refractivity contribution in [2.75, 3.05) is 27.2 Å². The van der Waals surface area contributed by atoms with Gasteiger partial charge in [-0.15, -0.1) is 0 Å². The number of methoxy groups -OCH3 is 1. The molecule has 1 aliphatic heterocycles. The van der Waals surface area contributed by atoms with Crippen molar-refractivity contribution in [3.8, 4) is 5.75 Å². The van der Waals surface area contributed by atoms with Crippen molar-refractivity contribution in [2.45, 2.75) is 38.1 Å². The third-order valence-corrected chi connectivity index (χ3v) is 4.61. The summed E-state index contributed by atoms with van der Waals surface area (Å²) in [5, 5.41) is 3.36. The minimum Gasteiger partial charge on any atom is -0.497 e. The molecule has 1 aromatic carbocycles. The van der Waals surface area contributed by atoms with E-state index >= 15 is 0 Å². The summed E-state index contributed by atoms with van der Waals surface area (Å²) in [6.45, 7) is 3.95. The zero-order valence-corrected chi connectivity index (χ0v) is 13.3. The number of hydrogen-bond acceptors (Lipinski definition) is 3. The van der Waals surface area contributed by atoms with Gasteiger partial charge in [0.05, 0.1) is 7.11 Å². The highest BCUT2D eigenvalue weighted by Crippen LogP contribution is 2.22. The molecule has 1 aliphatic rings. The van der Waals surface area contributed by atoms with Crippen LogP contribution in [-0.2, 0) is 11.2 Å². The summed E-state index contributed by atoms with van der Waals surface area (Å²) in [6, 6.07) is 7.94. The lowest BCUT2D eigenvalue weighted by atomic mass is 9.89. The molecule has 1 N–H and O–H groups in total. The summed E-state index contributed by atoms with van der Waals surface area (Å²) in [7, 11) is 3.66. The second-order valence-corrected chi connectivity index (χ2v) is 6.04. The van der Waals surface area contributed by atoms with E-state index in [9.17, 15) is 4.79 Å². The summed E-state index contributed by atoms with van der Waals surface area (Å²) < 4.78 is 5.14. The predicted octanol–water partition coefficient (Wildman–Crippen LogP) is 2.23. The highest BCUT2D eigenvalue weighted by molar-refractivity contribution is 5.76. The lowest BCUT2D eigenvalue weighted by Gasteiger charge is -2.39. The molecule has 4 nitrogen and oxygen atoms in total. The number of ether oxygens (including phenoxy) is 1. The molecule has 21 heavy (non-hydrogen) atoms. The van der Waals surface area contributed by atoms with Crippen LogP contribution in [0.25, 0.3) is 0 Å². The first-order valence-electron chi connectivity index (χ1n) is 7.66. The number of piperidine rings is 1. The molecule has 0 unspecified atom stereocenters. The summed E-state index contributed by atoms with van der Waals surface area (Å²) in [4.78, 5) is 14.3. The molecular weight excluding hydrogens is 264 g/mol. The SMILES string of the molecule is CNC1(C)CCN(C(=O)CCc2ccc(OC)cc2)CC1. The number of amides is 1. The Morgan fingerprint density at radius 2 is 1.90 bits per heavy atom. The predicted molar refractivity (Wildman–Crippen MR) is 84.6 cm³/mol. The van der Waals surface area contributed by atoms with Gasteiger partial charge in [-0.25, -0.2) is 0 Å². The van der Waals surface area contributed by atoms with Crippen LogP contribution < -0.4 is 10.1 Å². The fraction of sp³-hybridized carbons (Fsp3) is 0.588. The van der Waals surface area contributed by atoms with Gasteiger partial charge in [0.1, 0.15) is 5.75 Å². The Balaban J connectivity index is 1.79. The molecule has 4 heteroatoms. The van der Waals surface area contributed by atoms with Gasteiger partial charge >= 0.3 is 0 Å². The van der Waals surface area contributed by atoms with Crippen molar-refractivity contribution in [2.24, 2.45) is 0 Å². The number of rotatable bonds is 5. The van der Waals surface area contributed by atoms with Crippen LogP contribution in [0.1, 0.15) is 31.7 Å². The number of likely N-dealkylation sites (tertiary alicyclic amines) is 1. The number of carbonyl (C=O) groups is 1. The molecule has 0 aliphatic carbocycles. The minimum atomic E-state index is 0.187. The maximum absolute atomic E-state index is 12.3. The van der Waals surface area contributed by atoms with E-state index in [2.05, 4.69) is 12.2 Å². The third-order valence-electron chi connectivity index (χ3n) is 4.61. The second-order valence-electron chi connectivity index (χ2n) is 6.04. The van der Waals surface area contributed by atoms with Gasteiger partial charge in [-0.1, -0.05) is 12.1 Å². The fourth-order valence-electron chi connectivity index (χ4n) is 2.70. The van der Waals surface area contributed by atoms with Gasteiger partial charge in [-0.2, -0.15) is 0 Å². The Kier molecular flexibility index (Phi) is 5.23. The molecule has 0 atom stereocenters. The quantitative estimate of drug-likeness (QED) is 0.904. The minimum absolute atomic E-state index is 0.187. The normalized spacial score (nSPS) is 17.6. The van der Waals surface area contributed by atoms with Gasteiger partial charge in [0.25, 0.3) is 0 Å². The highest BCUT2D eigenvalue weighted by Gasteiger charge is 2.29. The van der Waals surface area contributed by atoms with Gasteiger partial charge in [-0.05, 0) is 50.9 Å². The van der Waals surface area contributed by atoms with E-state index in [1.807, 2.05) is 36.2 Å². The molecule has 1 fully saturated rings. The molecule has 1 heterocycles. The molecule has 1 saturated heterocycles. The zero-order chi connectivity index (χ0) is 15.3. The molecule has 0 spiro atoms. The van der Waals surface area contributed by atoms with Crippen LogP contribution in [0.15, 0.2) is 24.3 Å². The van der Waals surface area contributed by atoms with Crippen LogP contribution in [0.4, 0.5) is 0 Å². The van der Waals surface area contributed by atoms with Crippen LogP contribution in [0, 0.1) is 0 Å². The molecule has 116 valence electrons. The van der Waals surface area contributed by atoms with Crippen LogP contribution in [0.2, 0.25) is 0 Å². The van der Waals surface area contributed by atoms with Gasteiger partial charge in [0.15, 0.2) is 0 Å². The summed E-state index contributed by atoms with van der Waals surface area (Å²) in [6.07, 6.45) is 3.43. The molecule has 2 rings (SSSR count). The average molecular weight is 290 g/mol. The Hall–Kier alpha value is -1.55. The molecule has 1 aromatic rings. The molecule has 0 saturated carbocycles. The number of nitrogens with zero attached hydrogens (tertiary/aromatic N) is 1.